The van der Waals surface area contributed by atoms with Crippen LogP contribution in [0.1, 0.15) is 43.4 Å². The Morgan fingerprint density at radius 2 is 1.90 bits per heavy atom. The highest BCUT2D eigenvalue weighted by atomic mass is 35.5. The van der Waals surface area contributed by atoms with Crippen molar-refractivity contribution >= 4 is 12.4 Å². The zero-order valence-corrected chi connectivity index (χ0v) is 13.1. The van der Waals surface area contributed by atoms with Crippen LogP contribution in [0.25, 0.3) is 0 Å². The van der Waals surface area contributed by atoms with Crippen LogP contribution in [0.5, 0.6) is 0 Å². The lowest BCUT2D eigenvalue weighted by Crippen LogP contribution is -2.14. The van der Waals surface area contributed by atoms with Crippen molar-refractivity contribution < 1.29 is 8.78 Å². The minimum atomic E-state index is -2.59. The summed E-state index contributed by atoms with van der Waals surface area (Å²) in [5.74, 6) is 0. The van der Waals surface area contributed by atoms with Crippen LogP contribution in [0.15, 0.2) is 18.5 Å². The van der Waals surface area contributed by atoms with Crippen molar-refractivity contribution in [3.05, 3.63) is 35.4 Å². The third-order valence-electron chi connectivity index (χ3n) is 3.03. The summed E-state index contributed by atoms with van der Waals surface area (Å²) in [6, 6.07) is 1.91. The van der Waals surface area contributed by atoms with E-state index in [1.807, 2.05) is 17.8 Å². The Labute approximate surface area is 128 Å². The molecular formula is C13H20ClF2N5. The van der Waals surface area contributed by atoms with E-state index in [1.165, 1.54) is 6.20 Å². The van der Waals surface area contributed by atoms with Gasteiger partial charge >= 0.3 is 6.55 Å². The Morgan fingerprint density at radius 1 is 1.19 bits per heavy atom. The predicted molar refractivity (Wildman–Crippen MR) is 78.6 cm³/mol. The first kappa shape index (κ1) is 17.6. The molecule has 0 amide bonds. The zero-order chi connectivity index (χ0) is 14.7. The van der Waals surface area contributed by atoms with E-state index in [2.05, 4.69) is 29.4 Å². The van der Waals surface area contributed by atoms with Gasteiger partial charge in [0.1, 0.15) is 0 Å². The van der Waals surface area contributed by atoms with Gasteiger partial charge in [0.15, 0.2) is 0 Å². The highest BCUT2D eigenvalue weighted by Gasteiger charge is 2.09. The largest absolute Gasteiger partial charge is 0.333 e. The molecule has 21 heavy (non-hydrogen) atoms. The van der Waals surface area contributed by atoms with Crippen molar-refractivity contribution in [2.24, 2.45) is 0 Å². The van der Waals surface area contributed by atoms with Gasteiger partial charge in [-0.3, -0.25) is 4.68 Å². The summed E-state index contributed by atoms with van der Waals surface area (Å²) in [7, 11) is 0. The molecule has 0 fully saturated rings. The van der Waals surface area contributed by atoms with E-state index < -0.39 is 6.55 Å². The standard InChI is InChI=1S/C13H19F2N5.ClH/c1-9(2)20-8-11(10(3)17-20)6-16-7-12-4-5-19(18-12)13(14)15;/h4-5,8-9,13,16H,6-7H2,1-3H3;1H. The van der Waals surface area contributed by atoms with E-state index >= 15 is 0 Å². The Balaban J connectivity index is 0.00000220. The van der Waals surface area contributed by atoms with Gasteiger partial charge in [0, 0.05) is 37.1 Å². The second-order valence-electron chi connectivity index (χ2n) is 4.98. The summed E-state index contributed by atoms with van der Waals surface area (Å²) in [5.41, 5.74) is 2.68. The first-order valence-electron chi connectivity index (χ1n) is 6.55. The molecule has 5 nitrogen and oxygen atoms in total. The van der Waals surface area contributed by atoms with Crippen LogP contribution in [-0.4, -0.2) is 19.6 Å². The van der Waals surface area contributed by atoms with Crippen LogP contribution in [-0.2, 0) is 13.1 Å². The van der Waals surface area contributed by atoms with Gasteiger partial charge in [0.05, 0.1) is 11.4 Å². The Hall–Kier alpha value is -1.47. The molecule has 0 atom stereocenters. The number of aryl methyl sites for hydroxylation is 1. The van der Waals surface area contributed by atoms with Gasteiger partial charge in [-0.25, -0.2) is 4.68 Å². The van der Waals surface area contributed by atoms with Crippen LogP contribution in [0.2, 0.25) is 0 Å². The second-order valence-corrected chi connectivity index (χ2v) is 4.98. The summed E-state index contributed by atoms with van der Waals surface area (Å²) in [5, 5.41) is 11.4. The molecule has 0 aliphatic carbocycles. The molecule has 0 saturated carbocycles. The normalized spacial score (nSPS) is 11.2. The fourth-order valence-corrected chi connectivity index (χ4v) is 1.86. The molecule has 8 heteroatoms. The van der Waals surface area contributed by atoms with Crippen molar-refractivity contribution in [2.45, 2.75) is 46.5 Å². The summed E-state index contributed by atoms with van der Waals surface area (Å²) in [6.07, 6.45) is 3.29. The molecule has 0 bridgehead atoms. The number of hydrogen-bond donors (Lipinski definition) is 1. The second kappa shape index (κ2) is 7.51. The van der Waals surface area contributed by atoms with E-state index in [1.54, 1.807) is 6.07 Å². The van der Waals surface area contributed by atoms with Gasteiger partial charge in [-0.2, -0.15) is 19.0 Å². The maximum absolute atomic E-state index is 12.4. The number of rotatable bonds is 6. The lowest BCUT2D eigenvalue weighted by atomic mass is 10.2. The van der Waals surface area contributed by atoms with Crippen LogP contribution in [0, 0.1) is 6.92 Å². The van der Waals surface area contributed by atoms with Gasteiger partial charge in [0.25, 0.3) is 0 Å². The molecule has 0 spiro atoms. The van der Waals surface area contributed by atoms with Gasteiger partial charge < -0.3 is 5.32 Å². The van der Waals surface area contributed by atoms with E-state index in [0.717, 1.165) is 11.3 Å². The molecule has 118 valence electrons. The lowest BCUT2D eigenvalue weighted by Gasteiger charge is -2.03. The number of halogens is 3. The molecule has 0 aliphatic heterocycles. The summed E-state index contributed by atoms with van der Waals surface area (Å²) < 4.78 is 27.3. The fraction of sp³-hybridized carbons (Fsp3) is 0.538. The first-order chi connectivity index (χ1) is 9.47. The Bertz CT molecular complexity index is 565. The van der Waals surface area contributed by atoms with E-state index in [9.17, 15) is 8.78 Å². The maximum Gasteiger partial charge on any atom is 0.333 e. The average molecular weight is 320 g/mol. The van der Waals surface area contributed by atoms with E-state index in [4.69, 9.17) is 0 Å². The first-order valence-corrected chi connectivity index (χ1v) is 6.55. The molecule has 2 aromatic rings. The molecule has 0 saturated heterocycles. The number of aromatic nitrogens is 4. The number of alkyl halides is 2. The summed E-state index contributed by atoms with van der Waals surface area (Å²) >= 11 is 0. The topological polar surface area (TPSA) is 47.7 Å². The molecule has 0 aromatic carbocycles. The third kappa shape index (κ3) is 4.50. The minimum absolute atomic E-state index is 0. The monoisotopic (exact) mass is 319 g/mol. The van der Waals surface area contributed by atoms with Crippen LogP contribution in [0.3, 0.4) is 0 Å². The zero-order valence-electron chi connectivity index (χ0n) is 12.3. The van der Waals surface area contributed by atoms with Crippen molar-refractivity contribution in [1.29, 1.82) is 0 Å². The third-order valence-corrected chi connectivity index (χ3v) is 3.03. The van der Waals surface area contributed by atoms with E-state index in [-0.39, 0.29) is 12.4 Å². The van der Waals surface area contributed by atoms with Crippen LogP contribution >= 0.6 is 12.4 Å². The quantitative estimate of drug-likeness (QED) is 0.890. The van der Waals surface area contributed by atoms with Gasteiger partial charge in [-0.05, 0) is 26.8 Å². The number of nitrogens with one attached hydrogen (secondary N) is 1. The molecule has 0 aliphatic rings. The molecule has 0 radical (unpaired) electrons. The summed E-state index contributed by atoms with van der Waals surface area (Å²) in [4.78, 5) is 0. The predicted octanol–water partition coefficient (Wildman–Crippen LogP) is 3.08. The van der Waals surface area contributed by atoms with Gasteiger partial charge in [0.2, 0.25) is 0 Å². The van der Waals surface area contributed by atoms with E-state index in [0.29, 0.717) is 29.5 Å². The average Bonchev–Trinajstić information content (AvgIpc) is 2.97. The Morgan fingerprint density at radius 3 is 2.43 bits per heavy atom. The van der Waals surface area contributed by atoms with Crippen molar-refractivity contribution in [1.82, 2.24) is 24.9 Å². The minimum Gasteiger partial charge on any atom is -0.307 e. The fourth-order valence-electron chi connectivity index (χ4n) is 1.86. The smallest absolute Gasteiger partial charge is 0.307 e. The molecule has 1 N–H and O–H groups in total. The molecule has 0 unspecified atom stereocenters. The van der Waals surface area contributed by atoms with Crippen molar-refractivity contribution in [2.75, 3.05) is 0 Å². The SMILES string of the molecule is Cc1nn(C(C)C)cc1CNCc1ccn(C(F)F)n1.Cl. The van der Waals surface area contributed by atoms with Crippen LogP contribution in [0.4, 0.5) is 8.78 Å². The molecule has 2 heterocycles. The summed E-state index contributed by atoms with van der Waals surface area (Å²) in [6.45, 7) is 4.60. The van der Waals surface area contributed by atoms with Crippen molar-refractivity contribution in [3.63, 3.8) is 0 Å². The maximum atomic E-state index is 12.4. The molecule has 2 aromatic heterocycles. The molecule has 2 rings (SSSR count). The highest BCUT2D eigenvalue weighted by Crippen LogP contribution is 2.11. The highest BCUT2D eigenvalue weighted by molar-refractivity contribution is 5.85. The lowest BCUT2D eigenvalue weighted by molar-refractivity contribution is 0.0561. The van der Waals surface area contributed by atoms with Gasteiger partial charge in [-0.15, -0.1) is 12.4 Å². The van der Waals surface area contributed by atoms with Gasteiger partial charge in [-0.1, -0.05) is 0 Å². The Kier molecular flexibility index (Phi) is 6.29. The number of nitrogens with zero attached hydrogens (tertiary/aromatic N) is 4. The van der Waals surface area contributed by atoms with Crippen molar-refractivity contribution in [3.8, 4) is 0 Å². The number of hydrogen-bond acceptors (Lipinski definition) is 3. The molecular weight excluding hydrogens is 300 g/mol. The van der Waals surface area contributed by atoms with Crippen LogP contribution < -0.4 is 5.32 Å².